The van der Waals surface area contributed by atoms with Crippen molar-refractivity contribution in [2.75, 3.05) is 13.6 Å². The van der Waals surface area contributed by atoms with Crippen LogP contribution < -0.4 is 5.32 Å². The van der Waals surface area contributed by atoms with Crippen molar-refractivity contribution in [2.24, 2.45) is 0 Å². The Hall–Kier alpha value is -0.670. The van der Waals surface area contributed by atoms with E-state index in [0.29, 0.717) is 0 Å². The third-order valence-electron chi connectivity index (χ3n) is 1.77. The van der Waals surface area contributed by atoms with Gasteiger partial charge in [0.25, 0.3) is 0 Å². The van der Waals surface area contributed by atoms with E-state index in [1.54, 1.807) is 11.3 Å². The second-order valence-corrected chi connectivity index (χ2v) is 4.44. The van der Waals surface area contributed by atoms with Crippen molar-refractivity contribution in [1.29, 1.82) is 0 Å². The van der Waals surface area contributed by atoms with Crippen LogP contribution in [0.3, 0.4) is 0 Å². The quantitative estimate of drug-likeness (QED) is 0.803. The molecule has 0 aliphatic heterocycles. The van der Waals surface area contributed by atoms with Gasteiger partial charge in [0.05, 0.1) is 15.6 Å². The van der Waals surface area contributed by atoms with Crippen LogP contribution >= 0.6 is 11.3 Å². The average molecular weight is 196 g/mol. The maximum absolute atomic E-state index is 4.38. The van der Waals surface area contributed by atoms with Gasteiger partial charge in [0.15, 0.2) is 0 Å². The summed E-state index contributed by atoms with van der Waals surface area (Å²) in [5.74, 6) is 0. The molecule has 1 aromatic rings. The molecule has 0 saturated carbocycles. The summed E-state index contributed by atoms with van der Waals surface area (Å²) in [5.41, 5.74) is 2.48. The van der Waals surface area contributed by atoms with Crippen LogP contribution in [0.1, 0.15) is 22.5 Å². The summed E-state index contributed by atoms with van der Waals surface area (Å²) in [5, 5.41) is 4.27. The van der Waals surface area contributed by atoms with Crippen LogP contribution in [-0.2, 0) is 0 Å². The van der Waals surface area contributed by atoms with Crippen molar-refractivity contribution in [3.63, 3.8) is 0 Å². The Labute approximate surface area is 83.7 Å². The molecule has 0 atom stereocenters. The van der Waals surface area contributed by atoms with Crippen molar-refractivity contribution in [1.82, 2.24) is 10.3 Å². The second kappa shape index (κ2) is 4.53. The number of thiazole rings is 1. The molecule has 0 aromatic carbocycles. The minimum atomic E-state index is 0.941. The van der Waals surface area contributed by atoms with E-state index in [1.807, 2.05) is 14.0 Å². The molecule has 1 aromatic heterocycles. The lowest BCUT2D eigenvalue weighted by Gasteiger charge is -1.97. The van der Waals surface area contributed by atoms with E-state index < -0.39 is 0 Å². The highest BCUT2D eigenvalue weighted by Crippen LogP contribution is 2.19. The predicted octanol–water partition coefficient (Wildman–Crippen LogP) is 2.38. The van der Waals surface area contributed by atoms with Crippen molar-refractivity contribution >= 4 is 17.4 Å². The molecule has 0 aliphatic carbocycles. The summed E-state index contributed by atoms with van der Waals surface area (Å²) in [6, 6.07) is 0. The summed E-state index contributed by atoms with van der Waals surface area (Å²) in [6.07, 6.45) is 2.20. The zero-order chi connectivity index (χ0) is 9.84. The molecule has 0 radical (unpaired) electrons. The first-order chi connectivity index (χ1) is 6.13. The first-order valence-electron chi connectivity index (χ1n) is 4.39. The van der Waals surface area contributed by atoms with Gasteiger partial charge in [-0.3, -0.25) is 0 Å². The first kappa shape index (κ1) is 10.4. The van der Waals surface area contributed by atoms with Gasteiger partial charge in [-0.25, -0.2) is 4.98 Å². The van der Waals surface area contributed by atoms with Gasteiger partial charge in [0.2, 0.25) is 0 Å². The Balaban J connectivity index is 2.83. The molecule has 1 N–H and O–H groups in total. The van der Waals surface area contributed by atoms with Gasteiger partial charge in [0.1, 0.15) is 0 Å². The zero-order valence-electron chi connectivity index (χ0n) is 8.64. The number of nitrogens with zero attached hydrogens (tertiary/aromatic N) is 1. The Morgan fingerprint density at radius 2 is 2.23 bits per heavy atom. The van der Waals surface area contributed by atoms with E-state index in [0.717, 1.165) is 17.2 Å². The van der Waals surface area contributed by atoms with E-state index in [1.165, 1.54) is 10.5 Å². The molecule has 3 heteroatoms. The summed E-state index contributed by atoms with van der Waals surface area (Å²) >= 11 is 1.75. The molecule has 13 heavy (non-hydrogen) atoms. The maximum atomic E-state index is 4.38. The van der Waals surface area contributed by atoms with Crippen LogP contribution in [0.2, 0.25) is 0 Å². The fourth-order valence-corrected chi connectivity index (χ4v) is 2.19. The highest BCUT2D eigenvalue weighted by atomic mass is 32.1. The molecule has 0 unspecified atom stereocenters. The molecule has 2 nitrogen and oxygen atoms in total. The van der Waals surface area contributed by atoms with Crippen LogP contribution in [0.25, 0.3) is 6.08 Å². The van der Waals surface area contributed by atoms with Gasteiger partial charge in [-0.2, -0.15) is 0 Å². The highest BCUT2D eigenvalue weighted by Gasteiger charge is 2.01. The average Bonchev–Trinajstić information content (AvgIpc) is 2.30. The van der Waals surface area contributed by atoms with Gasteiger partial charge in [-0.05, 0) is 33.9 Å². The number of aromatic nitrogens is 1. The van der Waals surface area contributed by atoms with E-state index in [4.69, 9.17) is 0 Å². The normalized spacial score (nSPS) is 12.2. The van der Waals surface area contributed by atoms with E-state index >= 15 is 0 Å². The number of likely N-dealkylation sites (N-methyl/N-ethyl adjacent to an activating group) is 1. The minimum Gasteiger partial charge on any atom is -0.316 e. The lowest BCUT2D eigenvalue weighted by Crippen LogP contribution is -2.08. The van der Waals surface area contributed by atoms with Crippen molar-refractivity contribution < 1.29 is 0 Å². The maximum Gasteiger partial charge on any atom is 0.0903 e. The van der Waals surface area contributed by atoms with Crippen LogP contribution in [0, 0.1) is 13.8 Å². The monoisotopic (exact) mass is 196 g/mol. The lowest BCUT2D eigenvalue weighted by atomic mass is 10.2. The van der Waals surface area contributed by atoms with E-state index in [9.17, 15) is 0 Å². The van der Waals surface area contributed by atoms with Gasteiger partial charge < -0.3 is 5.32 Å². The van der Waals surface area contributed by atoms with Gasteiger partial charge in [-0.15, -0.1) is 11.3 Å². The largest absolute Gasteiger partial charge is 0.316 e. The molecular formula is C10H16N2S. The van der Waals surface area contributed by atoms with Crippen LogP contribution in [0.5, 0.6) is 0 Å². The van der Waals surface area contributed by atoms with Crippen molar-refractivity contribution in [3.05, 3.63) is 21.2 Å². The minimum absolute atomic E-state index is 0.941. The molecule has 1 heterocycles. The smallest absolute Gasteiger partial charge is 0.0903 e. The zero-order valence-corrected chi connectivity index (χ0v) is 9.46. The third-order valence-corrected chi connectivity index (χ3v) is 2.79. The second-order valence-electron chi connectivity index (χ2n) is 3.20. The topological polar surface area (TPSA) is 24.9 Å². The van der Waals surface area contributed by atoms with Gasteiger partial charge in [0, 0.05) is 6.54 Å². The van der Waals surface area contributed by atoms with Crippen LogP contribution in [-0.4, -0.2) is 18.6 Å². The Kier molecular flexibility index (Phi) is 3.63. The molecule has 1 rings (SSSR count). The molecular weight excluding hydrogens is 180 g/mol. The van der Waals surface area contributed by atoms with E-state index in [-0.39, 0.29) is 0 Å². The van der Waals surface area contributed by atoms with Gasteiger partial charge >= 0.3 is 0 Å². The fourth-order valence-electron chi connectivity index (χ4n) is 1.23. The Morgan fingerprint density at radius 1 is 1.54 bits per heavy atom. The SMILES string of the molecule is CNC/C(C)=C/c1sc(C)nc1C. The molecule has 72 valence electrons. The van der Waals surface area contributed by atoms with Crippen molar-refractivity contribution in [3.8, 4) is 0 Å². The first-order valence-corrected chi connectivity index (χ1v) is 5.21. The van der Waals surface area contributed by atoms with Gasteiger partial charge in [-0.1, -0.05) is 5.57 Å². The fraction of sp³-hybridized carbons (Fsp3) is 0.500. The summed E-state index contributed by atoms with van der Waals surface area (Å²) in [4.78, 5) is 5.66. The summed E-state index contributed by atoms with van der Waals surface area (Å²) in [7, 11) is 1.96. The number of nitrogens with one attached hydrogen (secondary N) is 1. The molecule has 0 aliphatic rings. The van der Waals surface area contributed by atoms with Crippen LogP contribution in [0.4, 0.5) is 0 Å². The van der Waals surface area contributed by atoms with Crippen LogP contribution in [0.15, 0.2) is 5.57 Å². The lowest BCUT2D eigenvalue weighted by molar-refractivity contribution is 0.885. The number of aryl methyl sites for hydroxylation is 2. The molecule has 0 spiro atoms. The molecule has 0 bridgehead atoms. The molecule has 0 amide bonds. The number of rotatable bonds is 3. The van der Waals surface area contributed by atoms with Crippen molar-refractivity contribution in [2.45, 2.75) is 20.8 Å². The molecule has 0 saturated heterocycles. The van der Waals surface area contributed by atoms with E-state index in [2.05, 4.69) is 30.2 Å². The summed E-state index contributed by atoms with van der Waals surface area (Å²) < 4.78 is 0. The standard InChI is InChI=1S/C10H16N2S/c1-7(6-11-4)5-10-8(2)12-9(3)13-10/h5,11H,6H2,1-4H3/b7-5+. The Morgan fingerprint density at radius 3 is 2.69 bits per heavy atom. The highest BCUT2D eigenvalue weighted by molar-refractivity contribution is 7.12. The Bertz CT molecular complexity index is 313. The third kappa shape index (κ3) is 2.94. The molecule has 0 fully saturated rings. The predicted molar refractivity (Wildman–Crippen MR) is 59.2 cm³/mol. The number of hydrogen-bond donors (Lipinski definition) is 1. The number of hydrogen-bond acceptors (Lipinski definition) is 3. The summed E-state index contributed by atoms with van der Waals surface area (Å²) in [6.45, 7) is 7.17.